The molecule has 0 rings (SSSR count). The molecule has 0 saturated heterocycles. The highest BCUT2D eigenvalue weighted by Gasteiger charge is 2.16. The minimum Gasteiger partial charge on any atom is -0.382 e. The van der Waals surface area contributed by atoms with Crippen molar-refractivity contribution in [3.8, 4) is 0 Å². The Morgan fingerprint density at radius 3 is 2.20 bits per heavy atom. The highest BCUT2D eigenvalue weighted by Crippen LogP contribution is 2.16. The Hall–Kier alpha value is -0.0800. The summed E-state index contributed by atoms with van der Waals surface area (Å²) >= 11 is 0. The third kappa shape index (κ3) is 6.91. The molecule has 2 heteroatoms. The van der Waals surface area contributed by atoms with Crippen molar-refractivity contribution in [2.24, 2.45) is 5.92 Å². The average Bonchev–Trinajstić information content (AvgIpc) is 2.23. The summed E-state index contributed by atoms with van der Waals surface area (Å²) in [4.78, 5) is 0. The van der Waals surface area contributed by atoms with E-state index >= 15 is 0 Å². The Kier molecular flexibility index (Phi) is 9.12. The van der Waals surface area contributed by atoms with Crippen molar-refractivity contribution in [3.63, 3.8) is 0 Å². The van der Waals surface area contributed by atoms with Crippen molar-refractivity contribution in [3.05, 3.63) is 0 Å². The van der Waals surface area contributed by atoms with E-state index in [1.165, 1.54) is 19.3 Å². The lowest BCUT2D eigenvalue weighted by atomic mass is 9.92. The molecule has 1 N–H and O–H groups in total. The van der Waals surface area contributed by atoms with E-state index in [1.54, 1.807) is 7.11 Å². The first kappa shape index (κ1) is 14.9. The van der Waals surface area contributed by atoms with Crippen LogP contribution in [0, 0.1) is 5.92 Å². The summed E-state index contributed by atoms with van der Waals surface area (Å²) in [6.45, 7) is 10.0. The molecule has 0 aliphatic carbocycles. The van der Waals surface area contributed by atoms with Gasteiger partial charge >= 0.3 is 0 Å². The van der Waals surface area contributed by atoms with Crippen LogP contribution in [0.3, 0.4) is 0 Å². The molecule has 0 saturated carbocycles. The molecule has 0 aromatic carbocycles. The molecule has 92 valence electrons. The number of hydrogen-bond donors (Lipinski definition) is 1. The van der Waals surface area contributed by atoms with Gasteiger partial charge in [0.05, 0.1) is 6.10 Å². The molecule has 0 amide bonds. The lowest BCUT2D eigenvalue weighted by Crippen LogP contribution is -2.35. The van der Waals surface area contributed by atoms with Crippen molar-refractivity contribution in [1.82, 2.24) is 5.32 Å². The summed E-state index contributed by atoms with van der Waals surface area (Å²) in [6.07, 6.45) is 5.37. The van der Waals surface area contributed by atoms with Crippen molar-refractivity contribution >= 4 is 0 Å². The van der Waals surface area contributed by atoms with Crippen LogP contribution in [0.15, 0.2) is 0 Å². The molecule has 3 atom stereocenters. The molecule has 0 aliphatic heterocycles. The van der Waals surface area contributed by atoms with Crippen LogP contribution in [0.4, 0.5) is 0 Å². The molecular formula is C13H29NO. The van der Waals surface area contributed by atoms with Gasteiger partial charge in [0, 0.05) is 13.2 Å². The van der Waals surface area contributed by atoms with Crippen LogP contribution in [0.25, 0.3) is 0 Å². The molecule has 3 unspecified atom stereocenters. The van der Waals surface area contributed by atoms with E-state index < -0.39 is 0 Å². The summed E-state index contributed by atoms with van der Waals surface area (Å²) in [5, 5.41) is 3.59. The highest BCUT2D eigenvalue weighted by atomic mass is 16.5. The summed E-state index contributed by atoms with van der Waals surface area (Å²) in [6, 6.07) is 0.660. The van der Waals surface area contributed by atoms with Crippen LogP contribution in [-0.2, 0) is 4.74 Å². The van der Waals surface area contributed by atoms with E-state index in [1.807, 2.05) is 0 Å². The number of ether oxygens (including phenoxy) is 1. The average molecular weight is 215 g/mol. The van der Waals surface area contributed by atoms with Gasteiger partial charge in [0.25, 0.3) is 0 Å². The van der Waals surface area contributed by atoms with E-state index in [0.29, 0.717) is 12.1 Å². The van der Waals surface area contributed by atoms with Gasteiger partial charge in [-0.15, -0.1) is 0 Å². The van der Waals surface area contributed by atoms with Crippen LogP contribution in [0.2, 0.25) is 0 Å². The molecule has 0 bridgehead atoms. The largest absolute Gasteiger partial charge is 0.382 e. The molecule has 0 fully saturated rings. The van der Waals surface area contributed by atoms with E-state index in [2.05, 4.69) is 33.0 Å². The number of rotatable bonds is 9. The predicted octanol–water partition coefficient (Wildman–Crippen LogP) is 3.22. The third-order valence-corrected chi connectivity index (χ3v) is 3.18. The van der Waals surface area contributed by atoms with Crippen LogP contribution in [-0.4, -0.2) is 25.8 Å². The lowest BCUT2D eigenvalue weighted by molar-refractivity contribution is 0.103. The first-order valence-electron chi connectivity index (χ1n) is 6.41. The normalized spacial score (nSPS) is 17.4. The smallest absolute Gasteiger partial charge is 0.0543 e. The Morgan fingerprint density at radius 2 is 1.73 bits per heavy atom. The minimum absolute atomic E-state index is 0.389. The summed E-state index contributed by atoms with van der Waals surface area (Å²) < 4.78 is 5.29. The maximum atomic E-state index is 5.29. The fraction of sp³-hybridized carbons (Fsp3) is 1.00. The Labute approximate surface area is 95.8 Å². The maximum Gasteiger partial charge on any atom is 0.0543 e. The molecule has 0 radical (unpaired) electrons. The number of hydrogen-bond acceptors (Lipinski definition) is 2. The van der Waals surface area contributed by atoms with Crippen molar-refractivity contribution < 1.29 is 4.74 Å². The van der Waals surface area contributed by atoms with Crippen LogP contribution < -0.4 is 5.32 Å². The van der Waals surface area contributed by atoms with Crippen LogP contribution >= 0.6 is 0 Å². The lowest BCUT2D eigenvalue weighted by Gasteiger charge is -2.25. The van der Waals surface area contributed by atoms with E-state index in [-0.39, 0.29) is 0 Å². The van der Waals surface area contributed by atoms with Gasteiger partial charge in [-0.25, -0.2) is 0 Å². The molecule has 0 aromatic heterocycles. The quantitative estimate of drug-likeness (QED) is 0.637. The van der Waals surface area contributed by atoms with Crippen molar-refractivity contribution in [2.75, 3.05) is 13.7 Å². The first-order valence-corrected chi connectivity index (χ1v) is 6.41. The zero-order valence-electron chi connectivity index (χ0n) is 11.2. The van der Waals surface area contributed by atoms with E-state index in [4.69, 9.17) is 4.74 Å². The zero-order valence-corrected chi connectivity index (χ0v) is 11.2. The Balaban J connectivity index is 3.91. The van der Waals surface area contributed by atoms with Gasteiger partial charge in [-0.1, -0.05) is 27.2 Å². The molecule has 0 aromatic rings. The second kappa shape index (κ2) is 9.17. The maximum absolute atomic E-state index is 5.29. The van der Waals surface area contributed by atoms with Crippen molar-refractivity contribution in [1.29, 1.82) is 0 Å². The Bertz CT molecular complexity index is 138. The van der Waals surface area contributed by atoms with Crippen LogP contribution in [0.1, 0.15) is 53.4 Å². The van der Waals surface area contributed by atoms with Gasteiger partial charge in [0.15, 0.2) is 0 Å². The van der Waals surface area contributed by atoms with Crippen molar-refractivity contribution in [2.45, 2.75) is 65.5 Å². The van der Waals surface area contributed by atoms with Gasteiger partial charge in [0.2, 0.25) is 0 Å². The monoisotopic (exact) mass is 215 g/mol. The highest BCUT2D eigenvalue weighted by molar-refractivity contribution is 4.73. The summed E-state index contributed by atoms with van der Waals surface area (Å²) in [7, 11) is 1.79. The SMILES string of the molecule is CCCC(C)C(CCC(C)OC)NCC. The molecule has 2 nitrogen and oxygen atoms in total. The first-order chi connectivity index (χ1) is 7.15. The number of methoxy groups -OCH3 is 1. The zero-order chi connectivity index (χ0) is 11.7. The molecule has 0 heterocycles. The van der Waals surface area contributed by atoms with Gasteiger partial charge in [-0.3, -0.25) is 0 Å². The van der Waals surface area contributed by atoms with Gasteiger partial charge < -0.3 is 10.1 Å². The van der Waals surface area contributed by atoms with Gasteiger partial charge in [0.1, 0.15) is 0 Å². The van der Waals surface area contributed by atoms with E-state index in [9.17, 15) is 0 Å². The second-order valence-corrected chi connectivity index (χ2v) is 4.55. The summed E-state index contributed by atoms with van der Waals surface area (Å²) in [5.41, 5.74) is 0. The standard InChI is InChI=1S/C13H29NO/c1-6-8-11(3)13(14-7-2)10-9-12(4)15-5/h11-14H,6-10H2,1-5H3. The minimum atomic E-state index is 0.389. The summed E-state index contributed by atoms with van der Waals surface area (Å²) in [5.74, 6) is 0.777. The Morgan fingerprint density at radius 1 is 1.07 bits per heavy atom. The fourth-order valence-corrected chi connectivity index (χ4v) is 2.04. The molecule has 15 heavy (non-hydrogen) atoms. The van der Waals surface area contributed by atoms with E-state index in [0.717, 1.165) is 18.9 Å². The third-order valence-electron chi connectivity index (χ3n) is 3.18. The second-order valence-electron chi connectivity index (χ2n) is 4.55. The van der Waals surface area contributed by atoms with Gasteiger partial charge in [-0.2, -0.15) is 0 Å². The van der Waals surface area contributed by atoms with Gasteiger partial charge in [-0.05, 0) is 38.6 Å². The molecular weight excluding hydrogens is 186 g/mol. The number of nitrogens with one attached hydrogen (secondary N) is 1. The predicted molar refractivity (Wildman–Crippen MR) is 67.2 cm³/mol. The fourth-order valence-electron chi connectivity index (χ4n) is 2.04. The topological polar surface area (TPSA) is 21.3 Å². The molecule has 0 spiro atoms. The molecule has 0 aliphatic rings. The van der Waals surface area contributed by atoms with Crippen LogP contribution in [0.5, 0.6) is 0 Å².